The van der Waals surface area contributed by atoms with Gasteiger partial charge in [0.05, 0.1) is 0 Å². The molecule has 1 heteroatoms. The van der Waals surface area contributed by atoms with E-state index in [1.54, 1.807) is 0 Å². The Hall–Kier alpha value is -0.300. The van der Waals surface area contributed by atoms with Crippen molar-refractivity contribution < 1.29 is 0 Å². The summed E-state index contributed by atoms with van der Waals surface area (Å²) in [6.07, 6.45) is 15.5. The monoisotopic (exact) mass is 209 g/mol. The zero-order valence-corrected chi connectivity index (χ0v) is 10.5. The van der Waals surface area contributed by atoms with Gasteiger partial charge >= 0.3 is 0 Å². The Bertz CT molecular complexity index is 174. The van der Waals surface area contributed by atoms with Crippen LogP contribution in [0.3, 0.4) is 0 Å². The van der Waals surface area contributed by atoms with Gasteiger partial charge in [-0.1, -0.05) is 44.8 Å². The van der Waals surface area contributed by atoms with Crippen molar-refractivity contribution in [3.05, 3.63) is 12.2 Å². The van der Waals surface area contributed by atoms with E-state index in [-0.39, 0.29) is 0 Å². The topological polar surface area (TPSA) is 12.0 Å². The van der Waals surface area contributed by atoms with Gasteiger partial charge in [0.2, 0.25) is 0 Å². The summed E-state index contributed by atoms with van der Waals surface area (Å²) in [4.78, 5) is 0. The minimum absolute atomic E-state index is 0.653. The average Bonchev–Trinajstić information content (AvgIpc) is 2.26. The first-order chi connectivity index (χ1) is 7.33. The van der Waals surface area contributed by atoms with Crippen molar-refractivity contribution in [2.45, 2.75) is 77.3 Å². The summed E-state index contributed by atoms with van der Waals surface area (Å²) in [5.41, 5.74) is 0. The average molecular weight is 209 g/mol. The van der Waals surface area contributed by atoms with E-state index in [1.165, 1.54) is 51.4 Å². The molecular formula is C14H27N. The predicted molar refractivity (Wildman–Crippen MR) is 68.1 cm³/mol. The van der Waals surface area contributed by atoms with Crippen LogP contribution in [0, 0.1) is 0 Å². The number of hydrogen-bond donors (Lipinski definition) is 1. The Morgan fingerprint density at radius 2 is 2.20 bits per heavy atom. The lowest BCUT2D eigenvalue weighted by molar-refractivity contribution is 0.425. The van der Waals surface area contributed by atoms with E-state index in [2.05, 4.69) is 31.3 Å². The van der Waals surface area contributed by atoms with E-state index >= 15 is 0 Å². The Morgan fingerprint density at radius 1 is 1.33 bits per heavy atom. The van der Waals surface area contributed by atoms with Gasteiger partial charge in [-0.3, -0.25) is 0 Å². The molecule has 0 saturated heterocycles. The molecule has 0 aromatic heterocycles. The van der Waals surface area contributed by atoms with Crippen molar-refractivity contribution in [2.24, 2.45) is 0 Å². The van der Waals surface area contributed by atoms with Crippen molar-refractivity contribution in [1.29, 1.82) is 0 Å². The van der Waals surface area contributed by atoms with Crippen molar-refractivity contribution in [2.75, 3.05) is 0 Å². The third-order valence-corrected chi connectivity index (χ3v) is 3.24. The Morgan fingerprint density at radius 3 is 2.87 bits per heavy atom. The molecule has 0 spiro atoms. The first-order valence-electron chi connectivity index (χ1n) is 6.75. The van der Waals surface area contributed by atoms with Gasteiger partial charge in [-0.2, -0.15) is 0 Å². The second-order valence-corrected chi connectivity index (χ2v) is 4.88. The Balaban J connectivity index is 2.04. The summed E-state index contributed by atoms with van der Waals surface area (Å²) in [6, 6.07) is 1.34. The summed E-state index contributed by atoms with van der Waals surface area (Å²) in [7, 11) is 0. The molecule has 0 aromatic carbocycles. The molecule has 0 aliphatic heterocycles. The first kappa shape index (κ1) is 12.8. The number of allylic oxidation sites excluding steroid dienone is 1. The number of hydrogen-bond acceptors (Lipinski definition) is 1. The standard InChI is InChI=1S/C14H27N/c1-3-4-5-7-10-13(2)15-14-11-8-6-9-12-14/h8,11,13-15H,3-7,9-10,12H2,1-2H3. The lowest BCUT2D eigenvalue weighted by atomic mass is 10.0. The molecule has 1 N–H and O–H groups in total. The van der Waals surface area contributed by atoms with Gasteiger partial charge in [-0.25, -0.2) is 0 Å². The number of rotatable bonds is 7. The minimum Gasteiger partial charge on any atom is -0.308 e. The van der Waals surface area contributed by atoms with Crippen LogP contribution in [0.25, 0.3) is 0 Å². The highest BCUT2D eigenvalue weighted by Gasteiger charge is 2.10. The van der Waals surface area contributed by atoms with Gasteiger partial charge in [0.15, 0.2) is 0 Å². The molecule has 15 heavy (non-hydrogen) atoms. The largest absolute Gasteiger partial charge is 0.308 e. The van der Waals surface area contributed by atoms with Crippen molar-refractivity contribution in [1.82, 2.24) is 5.32 Å². The van der Waals surface area contributed by atoms with Crippen LogP contribution in [-0.4, -0.2) is 12.1 Å². The van der Waals surface area contributed by atoms with E-state index in [0.29, 0.717) is 12.1 Å². The molecule has 1 aliphatic carbocycles. The maximum absolute atomic E-state index is 3.71. The van der Waals surface area contributed by atoms with Crippen molar-refractivity contribution in [3.8, 4) is 0 Å². The van der Waals surface area contributed by atoms with Crippen LogP contribution in [0.15, 0.2) is 12.2 Å². The Labute approximate surface area is 95.3 Å². The van der Waals surface area contributed by atoms with Crippen LogP contribution in [-0.2, 0) is 0 Å². The summed E-state index contributed by atoms with van der Waals surface area (Å²) < 4.78 is 0. The van der Waals surface area contributed by atoms with E-state index in [1.807, 2.05) is 0 Å². The van der Waals surface area contributed by atoms with Crippen LogP contribution < -0.4 is 5.32 Å². The molecule has 2 unspecified atom stereocenters. The molecule has 1 nitrogen and oxygen atoms in total. The second-order valence-electron chi connectivity index (χ2n) is 4.88. The smallest absolute Gasteiger partial charge is 0.0252 e. The quantitative estimate of drug-likeness (QED) is 0.493. The highest BCUT2D eigenvalue weighted by Crippen LogP contribution is 2.12. The second kappa shape index (κ2) is 7.92. The molecule has 88 valence electrons. The highest BCUT2D eigenvalue weighted by atomic mass is 14.9. The first-order valence-corrected chi connectivity index (χ1v) is 6.75. The van der Waals surface area contributed by atoms with Crippen molar-refractivity contribution in [3.63, 3.8) is 0 Å². The molecule has 0 aromatic rings. The predicted octanol–water partition coefficient (Wildman–Crippen LogP) is 4.04. The fraction of sp³-hybridized carbons (Fsp3) is 0.857. The highest BCUT2D eigenvalue weighted by molar-refractivity contribution is 4.98. The molecule has 2 atom stereocenters. The summed E-state index contributed by atoms with van der Waals surface area (Å²) in [5, 5.41) is 3.71. The zero-order chi connectivity index (χ0) is 10.9. The number of unbranched alkanes of at least 4 members (excludes halogenated alkanes) is 3. The normalized spacial score (nSPS) is 22.9. The van der Waals surface area contributed by atoms with Gasteiger partial charge in [0.25, 0.3) is 0 Å². The van der Waals surface area contributed by atoms with E-state index < -0.39 is 0 Å². The van der Waals surface area contributed by atoms with Gasteiger partial charge in [-0.05, 0) is 32.6 Å². The molecule has 0 bridgehead atoms. The van der Waals surface area contributed by atoms with Crippen molar-refractivity contribution >= 4 is 0 Å². The van der Waals surface area contributed by atoms with E-state index in [4.69, 9.17) is 0 Å². The number of nitrogens with one attached hydrogen (secondary N) is 1. The fourth-order valence-electron chi connectivity index (χ4n) is 2.28. The van der Waals surface area contributed by atoms with Crippen LogP contribution in [0.1, 0.15) is 65.2 Å². The molecular weight excluding hydrogens is 182 g/mol. The Kier molecular flexibility index (Phi) is 6.74. The molecule has 0 amide bonds. The van der Waals surface area contributed by atoms with Crippen LogP contribution in [0.5, 0.6) is 0 Å². The minimum atomic E-state index is 0.653. The molecule has 0 saturated carbocycles. The summed E-state index contributed by atoms with van der Waals surface area (Å²) in [5.74, 6) is 0. The summed E-state index contributed by atoms with van der Waals surface area (Å²) >= 11 is 0. The molecule has 0 heterocycles. The van der Waals surface area contributed by atoms with Crippen LogP contribution in [0.4, 0.5) is 0 Å². The zero-order valence-electron chi connectivity index (χ0n) is 10.5. The molecule has 1 rings (SSSR count). The SMILES string of the molecule is CCCCCCC(C)NC1C=CCCC1. The van der Waals surface area contributed by atoms with E-state index in [0.717, 1.165) is 0 Å². The summed E-state index contributed by atoms with van der Waals surface area (Å²) in [6.45, 7) is 4.60. The molecule has 0 radical (unpaired) electrons. The maximum atomic E-state index is 3.71. The third kappa shape index (κ3) is 5.99. The van der Waals surface area contributed by atoms with Crippen LogP contribution >= 0.6 is 0 Å². The van der Waals surface area contributed by atoms with Crippen LogP contribution in [0.2, 0.25) is 0 Å². The van der Waals surface area contributed by atoms with E-state index in [9.17, 15) is 0 Å². The van der Waals surface area contributed by atoms with Gasteiger partial charge in [0, 0.05) is 12.1 Å². The maximum Gasteiger partial charge on any atom is 0.0252 e. The lowest BCUT2D eigenvalue weighted by Gasteiger charge is -2.22. The third-order valence-electron chi connectivity index (χ3n) is 3.24. The fourth-order valence-corrected chi connectivity index (χ4v) is 2.28. The molecule has 0 fully saturated rings. The lowest BCUT2D eigenvalue weighted by Crippen LogP contribution is -2.35. The van der Waals surface area contributed by atoms with Gasteiger partial charge < -0.3 is 5.32 Å². The molecule has 1 aliphatic rings. The van der Waals surface area contributed by atoms with Gasteiger partial charge in [-0.15, -0.1) is 0 Å². The van der Waals surface area contributed by atoms with Gasteiger partial charge in [0.1, 0.15) is 0 Å².